The minimum absolute atomic E-state index is 0. The monoisotopic (exact) mass is 297 g/mol. The molecule has 0 saturated carbocycles. The molecule has 1 aliphatic heterocycles. The van der Waals surface area contributed by atoms with Crippen LogP contribution in [0.4, 0.5) is 5.69 Å². The zero-order valence-corrected chi connectivity index (χ0v) is 12.3. The zero-order chi connectivity index (χ0) is 13.7. The summed E-state index contributed by atoms with van der Waals surface area (Å²) in [5, 5.41) is 8.69. The number of anilines is 1. The molecule has 20 heavy (non-hydrogen) atoms. The van der Waals surface area contributed by atoms with Crippen molar-refractivity contribution in [1.29, 1.82) is 0 Å². The summed E-state index contributed by atoms with van der Waals surface area (Å²) in [6.07, 6.45) is 1.75. The van der Waals surface area contributed by atoms with Crippen LogP contribution in [0, 0.1) is 5.92 Å². The average Bonchev–Trinajstić information content (AvgIpc) is 2.48. The van der Waals surface area contributed by atoms with E-state index in [4.69, 9.17) is 0 Å². The highest BCUT2D eigenvalue weighted by atomic mass is 35.5. The molecule has 6 heteroatoms. The molecule has 2 amide bonds. The third-order valence-electron chi connectivity index (χ3n) is 3.35. The lowest BCUT2D eigenvalue weighted by molar-refractivity contribution is -0.120. The first-order valence-corrected chi connectivity index (χ1v) is 6.54. The van der Waals surface area contributed by atoms with Crippen molar-refractivity contribution < 1.29 is 9.59 Å². The lowest BCUT2D eigenvalue weighted by Crippen LogP contribution is -2.34. The molecular weight excluding hydrogens is 278 g/mol. The van der Waals surface area contributed by atoms with Crippen LogP contribution in [-0.2, 0) is 4.79 Å². The van der Waals surface area contributed by atoms with Crippen molar-refractivity contribution in [3.8, 4) is 0 Å². The van der Waals surface area contributed by atoms with Gasteiger partial charge in [-0.3, -0.25) is 9.59 Å². The first-order chi connectivity index (χ1) is 9.20. The van der Waals surface area contributed by atoms with Gasteiger partial charge in [-0.05, 0) is 50.2 Å². The quantitative estimate of drug-likeness (QED) is 0.790. The molecule has 1 fully saturated rings. The van der Waals surface area contributed by atoms with Crippen LogP contribution in [-0.4, -0.2) is 32.0 Å². The number of amides is 2. The Balaban J connectivity index is 0.00000200. The molecular formula is C14H20ClN3O2. The summed E-state index contributed by atoms with van der Waals surface area (Å²) in [4.78, 5) is 23.4. The second-order valence-corrected chi connectivity index (χ2v) is 4.67. The number of benzene rings is 1. The van der Waals surface area contributed by atoms with Crippen LogP contribution in [0.1, 0.15) is 23.2 Å². The Morgan fingerprint density at radius 3 is 2.30 bits per heavy atom. The van der Waals surface area contributed by atoms with Gasteiger partial charge in [0.2, 0.25) is 5.91 Å². The van der Waals surface area contributed by atoms with Gasteiger partial charge in [0.1, 0.15) is 0 Å². The van der Waals surface area contributed by atoms with E-state index >= 15 is 0 Å². The van der Waals surface area contributed by atoms with Gasteiger partial charge in [-0.25, -0.2) is 0 Å². The SMILES string of the molecule is CNC(=O)c1ccc(NC(=O)C2CCNCC2)cc1.Cl. The molecule has 0 aliphatic carbocycles. The maximum absolute atomic E-state index is 12.0. The first kappa shape index (κ1) is 16.5. The highest BCUT2D eigenvalue weighted by molar-refractivity contribution is 5.96. The highest BCUT2D eigenvalue weighted by Gasteiger charge is 2.20. The normalized spacial score (nSPS) is 15.1. The number of hydrogen-bond donors (Lipinski definition) is 3. The highest BCUT2D eigenvalue weighted by Crippen LogP contribution is 2.16. The predicted molar refractivity (Wildman–Crippen MR) is 81.3 cm³/mol. The molecule has 1 aliphatic rings. The molecule has 1 heterocycles. The largest absolute Gasteiger partial charge is 0.355 e. The fourth-order valence-electron chi connectivity index (χ4n) is 2.18. The molecule has 1 aromatic carbocycles. The topological polar surface area (TPSA) is 70.2 Å². The Morgan fingerprint density at radius 1 is 1.15 bits per heavy atom. The van der Waals surface area contributed by atoms with Crippen LogP contribution in [0.3, 0.4) is 0 Å². The van der Waals surface area contributed by atoms with E-state index in [1.807, 2.05) is 0 Å². The minimum Gasteiger partial charge on any atom is -0.355 e. The van der Waals surface area contributed by atoms with Crippen molar-refractivity contribution in [2.45, 2.75) is 12.8 Å². The third-order valence-corrected chi connectivity index (χ3v) is 3.35. The maximum atomic E-state index is 12.0. The summed E-state index contributed by atoms with van der Waals surface area (Å²) in [5.74, 6) is 0.0188. The maximum Gasteiger partial charge on any atom is 0.251 e. The molecule has 3 N–H and O–H groups in total. The molecule has 1 aromatic rings. The van der Waals surface area contributed by atoms with E-state index in [1.54, 1.807) is 31.3 Å². The van der Waals surface area contributed by atoms with Crippen molar-refractivity contribution in [2.24, 2.45) is 5.92 Å². The summed E-state index contributed by atoms with van der Waals surface area (Å²) in [6, 6.07) is 6.92. The number of carbonyl (C=O) groups is 2. The Labute approximate surface area is 124 Å². The van der Waals surface area contributed by atoms with Crippen molar-refractivity contribution >= 4 is 29.9 Å². The van der Waals surface area contributed by atoms with Gasteiger partial charge < -0.3 is 16.0 Å². The van der Waals surface area contributed by atoms with E-state index < -0.39 is 0 Å². The van der Waals surface area contributed by atoms with Crippen molar-refractivity contribution in [1.82, 2.24) is 10.6 Å². The molecule has 2 rings (SSSR count). The number of piperidine rings is 1. The number of hydrogen-bond acceptors (Lipinski definition) is 3. The van der Waals surface area contributed by atoms with Gasteiger partial charge in [-0.1, -0.05) is 0 Å². The van der Waals surface area contributed by atoms with Gasteiger partial charge in [-0.15, -0.1) is 12.4 Å². The van der Waals surface area contributed by atoms with Crippen LogP contribution in [0.25, 0.3) is 0 Å². The van der Waals surface area contributed by atoms with Gasteiger partial charge >= 0.3 is 0 Å². The van der Waals surface area contributed by atoms with Crippen molar-refractivity contribution in [2.75, 3.05) is 25.5 Å². The molecule has 5 nitrogen and oxygen atoms in total. The summed E-state index contributed by atoms with van der Waals surface area (Å²) >= 11 is 0. The van der Waals surface area contributed by atoms with Gasteiger partial charge in [0.15, 0.2) is 0 Å². The Hall–Kier alpha value is -1.59. The smallest absolute Gasteiger partial charge is 0.251 e. The van der Waals surface area contributed by atoms with E-state index in [0.717, 1.165) is 31.6 Å². The zero-order valence-electron chi connectivity index (χ0n) is 11.4. The van der Waals surface area contributed by atoms with E-state index in [9.17, 15) is 9.59 Å². The molecule has 0 bridgehead atoms. The minimum atomic E-state index is -0.128. The summed E-state index contributed by atoms with van der Waals surface area (Å²) in [7, 11) is 1.59. The van der Waals surface area contributed by atoms with Crippen LogP contribution in [0.15, 0.2) is 24.3 Å². The summed E-state index contributed by atoms with van der Waals surface area (Å²) < 4.78 is 0. The van der Waals surface area contributed by atoms with Crippen LogP contribution in [0.2, 0.25) is 0 Å². The molecule has 0 aromatic heterocycles. The fourth-order valence-corrected chi connectivity index (χ4v) is 2.18. The lowest BCUT2D eigenvalue weighted by atomic mass is 9.97. The van der Waals surface area contributed by atoms with Gasteiger partial charge in [0.25, 0.3) is 5.91 Å². The van der Waals surface area contributed by atoms with E-state index in [2.05, 4.69) is 16.0 Å². The van der Waals surface area contributed by atoms with Crippen LogP contribution in [0.5, 0.6) is 0 Å². The number of rotatable bonds is 3. The molecule has 0 radical (unpaired) electrons. The Bertz CT molecular complexity index is 456. The number of nitrogens with one attached hydrogen (secondary N) is 3. The molecule has 0 atom stereocenters. The third kappa shape index (κ3) is 4.21. The molecule has 0 spiro atoms. The summed E-state index contributed by atoms with van der Waals surface area (Å²) in [5.41, 5.74) is 1.32. The van der Waals surface area contributed by atoms with Gasteiger partial charge in [-0.2, -0.15) is 0 Å². The van der Waals surface area contributed by atoms with E-state index in [1.165, 1.54) is 0 Å². The van der Waals surface area contributed by atoms with Crippen molar-refractivity contribution in [3.05, 3.63) is 29.8 Å². The van der Waals surface area contributed by atoms with E-state index in [0.29, 0.717) is 5.56 Å². The second-order valence-electron chi connectivity index (χ2n) is 4.67. The Morgan fingerprint density at radius 2 is 1.75 bits per heavy atom. The standard InChI is InChI=1S/C14H19N3O2.ClH/c1-15-13(18)10-2-4-12(5-3-10)17-14(19)11-6-8-16-9-7-11;/h2-5,11,16H,6-9H2,1H3,(H,15,18)(H,17,19);1H. The second kappa shape index (κ2) is 7.87. The van der Waals surface area contributed by atoms with Gasteiger partial charge in [0, 0.05) is 24.2 Å². The number of halogens is 1. The van der Waals surface area contributed by atoms with Crippen LogP contribution >= 0.6 is 12.4 Å². The van der Waals surface area contributed by atoms with Gasteiger partial charge in [0.05, 0.1) is 0 Å². The predicted octanol–water partition coefficient (Wildman–Crippen LogP) is 1.41. The molecule has 110 valence electrons. The lowest BCUT2D eigenvalue weighted by Gasteiger charge is -2.21. The number of carbonyl (C=O) groups excluding carboxylic acids is 2. The van der Waals surface area contributed by atoms with E-state index in [-0.39, 0.29) is 30.1 Å². The summed E-state index contributed by atoms with van der Waals surface area (Å²) in [6.45, 7) is 1.79. The molecule has 0 unspecified atom stereocenters. The molecule has 1 saturated heterocycles. The first-order valence-electron chi connectivity index (χ1n) is 6.54. The fraction of sp³-hybridized carbons (Fsp3) is 0.429. The Kier molecular flexibility index (Phi) is 6.48. The average molecular weight is 298 g/mol. The van der Waals surface area contributed by atoms with Crippen LogP contribution < -0.4 is 16.0 Å². The van der Waals surface area contributed by atoms with Crippen molar-refractivity contribution in [3.63, 3.8) is 0 Å².